The smallest absolute Gasteiger partial charge is 0.277 e. The van der Waals surface area contributed by atoms with Gasteiger partial charge in [0.15, 0.2) is 18.1 Å². The van der Waals surface area contributed by atoms with Gasteiger partial charge in [0, 0.05) is 5.56 Å². The monoisotopic (exact) mass is 464 g/mol. The van der Waals surface area contributed by atoms with Crippen molar-refractivity contribution >= 4 is 28.1 Å². The van der Waals surface area contributed by atoms with Gasteiger partial charge in [-0.05, 0) is 51.7 Å². The minimum atomic E-state index is -0.381. The molecule has 0 aliphatic rings. The zero-order valence-corrected chi connectivity index (χ0v) is 18.7. The van der Waals surface area contributed by atoms with Crippen molar-refractivity contribution in [3.8, 4) is 23.0 Å². The first-order valence-electron chi connectivity index (χ1n) is 8.93. The van der Waals surface area contributed by atoms with Crippen molar-refractivity contribution in [2.45, 2.75) is 19.8 Å². The molecule has 2 aromatic carbocycles. The molecule has 0 saturated heterocycles. The second kappa shape index (κ2) is 10.7. The molecular formula is C21H25BrN2O5. The quantitative estimate of drug-likeness (QED) is 0.445. The molecule has 2 rings (SSSR count). The molecule has 0 atom stereocenters. The first kappa shape index (κ1) is 22.5. The molecule has 0 aliphatic heterocycles. The van der Waals surface area contributed by atoms with Gasteiger partial charge in [-0.2, -0.15) is 5.10 Å². The molecule has 7 nitrogen and oxygen atoms in total. The van der Waals surface area contributed by atoms with Gasteiger partial charge in [0.1, 0.15) is 5.75 Å². The average Bonchev–Trinajstić information content (AvgIpc) is 2.71. The van der Waals surface area contributed by atoms with Gasteiger partial charge in [-0.15, -0.1) is 0 Å². The third-order valence-corrected chi connectivity index (χ3v) is 4.69. The first-order chi connectivity index (χ1) is 13.9. The fourth-order valence-electron chi connectivity index (χ4n) is 2.52. The summed E-state index contributed by atoms with van der Waals surface area (Å²) in [6.45, 7) is 4.07. The van der Waals surface area contributed by atoms with E-state index in [4.69, 9.17) is 18.9 Å². The summed E-state index contributed by atoms with van der Waals surface area (Å²) in [5.74, 6) is 2.11. The molecule has 1 N–H and O–H groups in total. The standard InChI is InChI=1S/C21H25BrN2O5/c1-13(2)15-6-7-17(16(22)10-15)29-12-20(25)24-23-11-14-8-18(26-3)21(28-5)19(9-14)27-4/h6-11,13H,12H2,1-5H3,(H,24,25)/b23-11+. The molecule has 0 bridgehead atoms. The summed E-state index contributed by atoms with van der Waals surface area (Å²) >= 11 is 3.47. The second-order valence-electron chi connectivity index (χ2n) is 6.39. The fraction of sp³-hybridized carbons (Fsp3) is 0.333. The Kier molecular flexibility index (Phi) is 8.33. The minimum absolute atomic E-state index is 0.160. The number of nitrogens with zero attached hydrogens (tertiary/aromatic N) is 1. The maximum Gasteiger partial charge on any atom is 0.277 e. The van der Waals surface area contributed by atoms with Gasteiger partial charge in [0.05, 0.1) is 32.0 Å². The number of carbonyl (C=O) groups is 1. The summed E-state index contributed by atoms with van der Waals surface area (Å²) in [4.78, 5) is 12.0. The third kappa shape index (κ3) is 6.12. The van der Waals surface area contributed by atoms with E-state index >= 15 is 0 Å². The summed E-state index contributed by atoms with van der Waals surface area (Å²) in [7, 11) is 4.59. The van der Waals surface area contributed by atoms with Crippen LogP contribution < -0.4 is 24.4 Å². The highest BCUT2D eigenvalue weighted by Crippen LogP contribution is 2.37. The van der Waals surface area contributed by atoms with Gasteiger partial charge >= 0.3 is 0 Å². The highest BCUT2D eigenvalue weighted by Gasteiger charge is 2.12. The van der Waals surface area contributed by atoms with Crippen LogP contribution in [0.5, 0.6) is 23.0 Å². The van der Waals surface area contributed by atoms with Crippen molar-refractivity contribution in [3.05, 3.63) is 45.9 Å². The highest BCUT2D eigenvalue weighted by atomic mass is 79.9. The molecule has 0 aliphatic carbocycles. The van der Waals surface area contributed by atoms with E-state index in [1.807, 2.05) is 18.2 Å². The molecule has 0 unspecified atom stereocenters. The Balaban J connectivity index is 1.96. The van der Waals surface area contributed by atoms with Gasteiger partial charge < -0.3 is 18.9 Å². The van der Waals surface area contributed by atoms with Crippen LogP contribution in [0.2, 0.25) is 0 Å². The normalized spacial score (nSPS) is 10.9. The number of benzene rings is 2. The predicted octanol–water partition coefficient (Wildman–Crippen LogP) is 4.13. The van der Waals surface area contributed by atoms with Crippen molar-refractivity contribution in [3.63, 3.8) is 0 Å². The van der Waals surface area contributed by atoms with E-state index in [1.54, 1.807) is 12.1 Å². The van der Waals surface area contributed by atoms with Gasteiger partial charge in [0.2, 0.25) is 5.75 Å². The summed E-state index contributed by atoms with van der Waals surface area (Å²) in [6.07, 6.45) is 1.48. The molecule has 0 saturated carbocycles. The van der Waals surface area contributed by atoms with Crippen molar-refractivity contribution in [2.24, 2.45) is 5.10 Å². The van der Waals surface area contributed by atoms with E-state index < -0.39 is 0 Å². The molecule has 2 aromatic rings. The van der Waals surface area contributed by atoms with E-state index in [-0.39, 0.29) is 12.5 Å². The van der Waals surface area contributed by atoms with Crippen LogP contribution in [0.1, 0.15) is 30.9 Å². The molecule has 0 spiro atoms. The third-order valence-electron chi connectivity index (χ3n) is 4.07. The molecule has 156 valence electrons. The van der Waals surface area contributed by atoms with E-state index in [2.05, 4.69) is 40.3 Å². The Labute approximate surface area is 179 Å². The first-order valence-corrected chi connectivity index (χ1v) is 9.73. The summed E-state index contributed by atoms with van der Waals surface area (Å²) in [6, 6.07) is 9.25. The lowest BCUT2D eigenvalue weighted by atomic mass is 10.0. The van der Waals surface area contributed by atoms with Crippen LogP contribution in [0.3, 0.4) is 0 Å². The number of ether oxygens (including phenoxy) is 4. The molecular weight excluding hydrogens is 440 g/mol. The minimum Gasteiger partial charge on any atom is -0.493 e. The topological polar surface area (TPSA) is 78.4 Å². The summed E-state index contributed by atoms with van der Waals surface area (Å²) in [5.41, 5.74) is 4.29. The van der Waals surface area contributed by atoms with Crippen molar-refractivity contribution in [1.29, 1.82) is 0 Å². The van der Waals surface area contributed by atoms with Crippen LogP contribution in [0.4, 0.5) is 0 Å². The Hall–Kier alpha value is -2.74. The van der Waals surface area contributed by atoms with Gasteiger partial charge in [-0.1, -0.05) is 19.9 Å². The molecule has 8 heteroatoms. The van der Waals surface area contributed by atoms with Crippen LogP contribution in [0.15, 0.2) is 39.9 Å². The Morgan fingerprint density at radius 3 is 2.24 bits per heavy atom. The number of halogens is 1. The fourth-order valence-corrected chi connectivity index (χ4v) is 3.03. The zero-order chi connectivity index (χ0) is 21.4. The second-order valence-corrected chi connectivity index (χ2v) is 7.24. The van der Waals surface area contributed by atoms with Crippen LogP contribution in [0, 0.1) is 0 Å². The lowest BCUT2D eigenvalue weighted by Gasteiger charge is -2.12. The van der Waals surface area contributed by atoms with Gasteiger partial charge in [-0.25, -0.2) is 5.43 Å². The van der Waals surface area contributed by atoms with Gasteiger partial charge in [0.25, 0.3) is 5.91 Å². The molecule has 29 heavy (non-hydrogen) atoms. The molecule has 0 fully saturated rings. The Morgan fingerprint density at radius 1 is 1.07 bits per heavy atom. The largest absolute Gasteiger partial charge is 0.493 e. The SMILES string of the molecule is COc1cc(/C=N/NC(=O)COc2ccc(C(C)C)cc2Br)cc(OC)c1OC. The van der Waals surface area contributed by atoms with Gasteiger partial charge in [-0.3, -0.25) is 4.79 Å². The molecule has 0 radical (unpaired) electrons. The average molecular weight is 465 g/mol. The Morgan fingerprint density at radius 2 is 1.72 bits per heavy atom. The number of methoxy groups -OCH3 is 3. The molecule has 0 aromatic heterocycles. The molecule has 0 heterocycles. The van der Waals surface area contributed by atoms with Crippen LogP contribution >= 0.6 is 15.9 Å². The lowest BCUT2D eigenvalue weighted by Crippen LogP contribution is -2.24. The lowest BCUT2D eigenvalue weighted by molar-refractivity contribution is -0.123. The number of hydrogen-bond acceptors (Lipinski definition) is 6. The maximum atomic E-state index is 12.0. The Bertz CT molecular complexity index is 858. The van der Waals surface area contributed by atoms with Crippen molar-refractivity contribution in [1.82, 2.24) is 5.43 Å². The van der Waals surface area contributed by atoms with E-state index in [9.17, 15) is 4.79 Å². The van der Waals surface area contributed by atoms with Crippen molar-refractivity contribution in [2.75, 3.05) is 27.9 Å². The van der Waals surface area contributed by atoms with E-state index in [1.165, 1.54) is 33.1 Å². The number of rotatable bonds is 9. The summed E-state index contributed by atoms with van der Waals surface area (Å²) < 4.78 is 22.2. The van der Waals surface area contributed by atoms with Crippen LogP contribution in [0.25, 0.3) is 0 Å². The number of hydrazone groups is 1. The summed E-state index contributed by atoms with van der Waals surface area (Å²) in [5, 5.41) is 3.95. The molecule has 1 amide bonds. The number of nitrogens with one attached hydrogen (secondary N) is 1. The maximum absolute atomic E-state index is 12.0. The van der Waals surface area contributed by atoms with Crippen molar-refractivity contribution < 1.29 is 23.7 Å². The van der Waals surface area contributed by atoms with E-state index in [0.29, 0.717) is 34.5 Å². The number of hydrogen-bond donors (Lipinski definition) is 1. The number of carbonyl (C=O) groups excluding carboxylic acids is 1. The number of amides is 1. The predicted molar refractivity (Wildman–Crippen MR) is 116 cm³/mol. The zero-order valence-electron chi connectivity index (χ0n) is 17.1. The van der Waals surface area contributed by atoms with Crippen LogP contribution in [-0.2, 0) is 4.79 Å². The van der Waals surface area contributed by atoms with Crippen LogP contribution in [-0.4, -0.2) is 40.1 Å². The van der Waals surface area contributed by atoms with E-state index in [0.717, 1.165) is 4.47 Å². The highest BCUT2D eigenvalue weighted by molar-refractivity contribution is 9.10.